The third-order valence-electron chi connectivity index (χ3n) is 2.87. The van der Waals surface area contributed by atoms with Gasteiger partial charge in [0.15, 0.2) is 0 Å². The minimum atomic E-state index is 0.137. The van der Waals surface area contributed by atoms with Crippen molar-refractivity contribution in [2.45, 2.75) is 19.4 Å². The van der Waals surface area contributed by atoms with Gasteiger partial charge >= 0.3 is 0 Å². The Balaban J connectivity index is 2.14. The lowest BCUT2D eigenvalue weighted by Gasteiger charge is -2.16. The van der Waals surface area contributed by atoms with Gasteiger partial charge in [-0.3, -0.25) is 16.3 Å². The van der Waals surface area contributed by atoms with E-state index in [1.165, 1.54) is 16.7 Å². The minimum absolute atomic E-state index is 0.137. The highest BCUT2D eigenvalue weighted by Crippen LogP contribution is 2.17. The average molecular weight is 227 g/mol. The summed E-state index contributed by atoms with van der Waals surface area (Å²) < 4.78 is 0. The van der Waals surface area contributed by atoms with Crippen LogP contribution in [0.2, 0.25) is 0 Å². The third-order valence-corrected chi connectivity index (χ3v) is 2.87. The van der Waals surface area contributed by atoms with Crippen LogP contribution in [0.25, 0.3) is 0 Å². The maximum atomic E-state index is 5.63. The SMILES string of the molecule is Cc1ccc(C(Cc2ccncc2)NN)cc1. The van der Waals surface area contributed by atoms with E-state index in [4.69, 9.17) is 5.84 Å². The van der Waals surface area contributed by atoms with Gasteiger partial charge in [-0.25, -0.2) is 0 Å². The molecule has 0 radical (unpaired) electrons. The van der Waals surface area contributed by atoms with Crippen LogP contribution < -0.4 is 11.3 Å². The summed E-state index contributed by atoms with van der Waals surface area (Å²) in [6.45, 7) is 2.08. The van der Waals surface area contributed by atoms with Crippen LogP contribution in [0.5, 0.6) is 0 Å². The molecule has 1 aromatic heterocycles. The fourth-order valence-corrected chi connectivity index (χ4v) is 1.83. The van der Waals surface area contributed by atoms with E-state index in [0.29, 0.717) is 0 Å². The zero-order valence-corrected chi connectivity index (χ0v) is 9.93. The van der Waals surface area contributed by atoms with Crippen LogP contribution in [0.15, 0.2) is 48.8 Å². The first-order valence-corrected chi connectivity index (χ1v) is 5.71. The predicted molar refractivity (Wildman–Crippen MR) is 69.2 cm³/mol. The molecule has 0 aliphatic carbocycles. The molecule has 2 rings (SSSR count). The van der Waals surface area contributed by atoms with Gasteiger partial charge in [0.2, 0.25) is 0 Å². The molecule has 0 aliphatic rings. The van der Waals surface area contributed by atoms with Crippen molar-refractivity contribution in [3.8, 4) is 0 Å². The van der Waals surface area contributed by atoms with Gasteiger partial charge in [0.05, 0.1) is 0 Å². The fraction of sp³-hybridized carbons (Fsp3) is 0.214. The molecule has 1 aromatic carbocycles. The van der Waals surface area contributed by atoms with Crippen molar-refractivity contribution in [3.05, 3.63) is 65.5 Å². The number of hydrogen-bond donors (Lipinski definition) is 2. The standard InChI is InChI=1S/C14H17N3/c1-11-2-4-13(5-3-11)14(17-15)10-12-6-8-16-9-7-12/h2-9,14,17H,10,15H2,1H3. The fourth-order valence-electron chi connectivity index (χ4n) is 1.83. The van der Waals surface area contributed by atoms with E-state index in [1.807, 2.05) is 12.1 Å². The van der Waals surface area contributed by atoms with Crippen molar-refractivity contribution in [2.24, 2.45) is 5.84 Å². The van der Waals surface area contributed by atoms with Crippen molar-refractivity contribution >= 4 is 0 Å². The molecular weight excluding hydrogens is 210 g/mol. The van der Waals surface area contributed by atoms with Crippen molar-refractivity contribution in [3.63, 3.8) is 0 Å². The second-order valence-corrected chi connectivity index (χ2v) is 4.19. The zero-order chi connectivity index (χ0) is 12.1. The molecule has 17 heavy (non-hydrogen) atoms. The summed E-state index contributed by atoms with van der Waals surface area (Å²) in [5.41, 5.74) is 6.55. The molecule has 3 N–H and O–H groups in total. The Kier molecular flexibility index (Phi) is 3.85. The van der Waals surface area contributed by atoms with Gasteiger partial charge in [0.25, 0.3) is 0 Å². The predicted octanol–water partition coefficient (Wildman–Crippen LogP) is 2.14. The Morgan fingerprint density at radius 2 is 1.76 bits per heavy atom. The number of hydrazine groups is 1. The molecule has 1 unspecified atom stereocenters. The van der Waals surface area contributed by atoms with Crippen molar-refractivity contribution in [2.75, 3.05) is 0 Å². The normalized spacial score (nSPS) is 12.4. The Labute approximate surface area is 102 Å². The van der Waals surface area contributed by atoms with Gasteiger partial charge in [-0.15, -0.1) is 0 Å². The average Bonchev–Trinajstić information content (AvgIpc) is 2.38. The maximum absolute atomic E-state index is 5.63. The number of nitrogens with zero attached hydrogens (tertiary/aromatic N) is 1. The Morgan fingerprint density at radius 3 is 2.35 bits per heavy atom. The summed E-state index contributed by atoms with van der Waals surface area (Å²) in [7, 11) is 0. The van der Waals surface area contributed by atoms with Crippen LogP contribution in [0.3, 0.4) is 0 Å². The molecular formula is C14H17N3. The first-order valence-electron chi connectivity index (χ1n) is 5.71. The van der Waals surface area contributed by atoms with Gasteiger partial charge < -0.3 is 0 Å². The molecule has 0 saturated carbocycles. The van der Waals surface area contributed by atoms with E-state index in [9.17, 15) is 0 Å². The highest BCUT2D eigenvalue weighted by Gasteiger charge is 2.09. The van der Waals surface area contributed by atoms with Gasteiger partial charge in [0.1, 0.15) is 0 Å². The van der Waals surface area contributed by atoms with Crippen molar-refractivity contribution in [1.82, 2.24) is 10.4 Å². The molecule has 1 heterocycles. The van der Waals surface area contributed by atoms with E-state index in [-0.39, 0.29) is 6.04 Å². The lowest BCUT2D eigenvalue weighted by molar-refractivity contribution is 0.551. The molecule has 1 atom stereocenters. The van der Waals surface area contributed by atoms with E-state index in [2.05, 4.69) is 41.6 Å². The minimum Gasteiger partial charge on any atom is -0.271 e. The van der Waals surface area contributed by atoms with Crippen LogP contribution >= 0.6 is 0 Å². The summed E-state index contributed by atoms with van der Waals surface area (Å²) in [6.07, 6.45) is 4.47. The van der Waals surface area contributed by atoms with Crippen LogP contribution in [-0.2, 0) is 6.42 Å². The Morgan fingerprint density at radius 1 is 1.12 bits per heavy atom. The maximum Gasteiger partial charge on any atom is 0.0500 e. The highest BCUT2D eigenvalue weighted by molar-refractivity contribution is 5.26. The molecule has 2 aromatic rings. The Bertz CT molecular complexity index is 451. The molecule has 0 aliphatic heterocycles. The lowest BCUT2D eigenvalue weighted by atomic mass is 9.99. The molecule has 0 bridgehead atoms. The quantitative estimate of drug-likeness (QED) is 0.621. The van der Waals surface area contributed by atoms with Gasteiger partial charge in [-0.1, -0.05) is 29.8 Å². The summed E-state index contributed by atoms with van der Waals surface area (Å²) in [6, 6.07) is 12.6. The van der Waals surface area contributed by atoms with Gasteiger partial charge in [-0.05, 0) is 36.6 Å². The molecule has 3 heteroatoms. The van der Waals surface area contributed by atoms with Crippen LogP contribution in [0, 0.1) is 6.92 Å². The monoisotopic (exact) mass is 227 g/mol. The number of nitrogens with two attached hydrogens (primary N) is 1. The van der Waals surface area contributed by atoms with Crippen LogP contribution in [0.1, 0.15) is 22.7 Å². The van der Waals surface area contributed by atoms with E-state index in [1.54, 1.807) is 12.4 Å². The summed E-state index contributed by atoms with van der Waals surface area (Å²) in [5, 5.41) is 0. The lowest BCUT2D eigenvalue weighted by Crippen LogP contribution is -2.29. The van der Waals surface area contributed by atoms with Crippen LogP contribution in [0.4, 0.5) is 0 Å². The molecule has 88 valence electrons. The molecule has 0 spiro atoms. The first kappa shape index (κ1) is 11.8. The highest BCUT2D eigenvalue weighted by atomic mass is 15.2. The molecule has 0 fully saturated rings. The molecule has 0 saturated heterocycles. The first-order chi connectivity index (χ1) is 8.29. The number of benzene rings is 1. The largest absolute Gasteiger partial charge is 0.271 e. The topological polar surface area (TPSA) is 50.9 Å². The number of rotatable bonds is 4. The van der Waals surface area contributed by atoms with Crippen molar-refractivity contribution < 1.29 is 0 Å². The van der Waals surface area contributed by atoms with E-state index < -0.39 is 0 Å². The molecule has 0 amide bonds. The third kappa shape index (κ3) is 3.12. The smallest absolute Gasteiger partial charge is 0.0500 e. The second kappa shape index (κ2) is 5.57. The summed E-state index contributed by atoms with van der Waals surface area (Å²) in [4.78, 5) is 4.01. The summed E-state index contributed by atoms with van der Waals surface area (Å²) in [5.74, 6) is 5.63. The second-order valence-electron chi connectivity index (χ2n) is 4.19. The van der Waals surface area contributed by atoms with Gasteiger partial charge in [0, 0.05) is 18.4 Å². The van der Waals surface area contributed by atoms with E-state index >= 15 is 0 Å². The number of pyridine rings is 1. The number of nitrogens with one attached hydrogen (secondary N) is 1. The van der Waals surface area contributed by atoms with Gasteiger partial charge in [-0.2, -0.15) is 0 Å². The van der Waals surface area contributed by atoms with Crippen LogP contribution in [-0.4, -0.2) is 4.98 Å². The van der Waals surface area contributed by atoms with E-state index in [0.717, 1.165) is 6.42 Å². The van der Waals surface area contributed by atoms with Crippen molar-refractivity contribution in [1.29, 1.82) is 0 Å². The zero-order valence-electron chi connectivity index (χ0n) is 9.93. The Hall–Kier alpha value is -1.71. The number of hydrogen-bond acceptors (Lipinski definition) is 3. The summed E-state index contributed by atoms with van der Waals surface area (Å²) >= 11 is 0. The number of aryl methyl sites for hydroxylation is 1. The molecule has 3 nitrogen and oxygen atoms in total. The number of aromatic nitrogens is 1.